The molecule has 78 valence electrons. The highest BCUT2D eigenvalue weighted by molar-refractivity contribution is 5.81. The van der Waals surface area contributed by atoms with Gasteiger partial charge in [-0.2, -0.15) is 0 Å². The highest BCUT2D eigenvalue weighted by Crippen LogP contribution is 1.99. The number of hydrogen-bond acceptors (Lipinski definition) is 4. The standard InChI is InChI=1S/C9H13NO4/c1-8(10(12)13)6-4-3-5-7-9(11)14-2/h5-7H,3-4H2,1-2H3/b7-5+,8-6+. The molecule has 0 aromatic carbocycles. The molecule has 0 saturated carbocycles. The number of rotatable bonds is 5. The highest BCUT2D eigenvalue weighted by Gasteiger charge is 1.98. The number of nitrogens with zero attached hydrogens (tertiary/aromatic N) is 1. The number of allylic oxidation sites excluding steroid dienone is 3. The average Bonchev–Trinajstić information content (AvgIpc) is 2.16. The van der Waals surface area contributed by atoms with E-state index in [0.29, 0.717) is 12.8 Å². The van der Waals surface area contributed by atoms with Crippen LogP contribution in [0, 0.1) is 10.1 Å². The van der Waals surface area contributed by atoms with Crippen molar-refractivity contribution in [3.63, 3.8) is 0 Å². The van der Waals surface area contributed by atoms with Crippen molar-refractivity contribution < 1.29 is 14.5 Å². The van der Waals surface area contributed by atoms with E-state index in [4.69, 9.17) is 0 Å². The molecule has 0 aliphatic heterocycles. The van der Waals surface area contributed by atoms with Gasteiger partial charge in [0.15, 0.2) is 0 Å². The second-order valence-corrected chi connectivity index (χ2v) is 2.61. The van der Waals surface area contributed by atoms with E-state index in [1.165, 1.54) is 26.2 Å². The molecule has 0 rings (SSSR count). The molecule has 0 aromatic heterocycles. The predicted octanol–water partition coefficient (Wildman–Crippen LogP) is 1.68. The second kappa shape index (κ2) is 6.82. The minimum absolute atomic E-state index is 0.122. The largest absolute Gasteiger partial charge is 0.466 e. The average molecular weight is 199 g/mol. The third kappa shape index (κ3) is 5.93. The van der Waals surface area contributed by atoms with Gasteiger partial charge in [0, 0.05) is 13.0 Å². The highest BCUT2D eigenvalue weighted by atomic mass is 16.6. The van der Waals surface area contributed by atoms with Crippen molar-refractivity contribution in [1.82, 2.24) is 0 Å². The van der Waals surface area contributed by atoms with E-state index in [9.17, 15) is 14.9 Å². The van der Waals surface area contributed by atoms with Gasteiger partial charge in [-0.3, -0.25) is 10.1 Å². The van der Waals surface area contributed by atoms with Crippen molar-refractivity contribution in [3.8, 4) is 0 Å². The van der Waals surface area contributed by atoms with Crippen molar-refractivity contribution in [2.24, 2.45) is 0 Å². The van der Waals surface area contributed by atoms with Crippen LogP contribution in [0.1, 0.15) is 19.8 Å². The van der Waals surface area contributed by atoms with Crippen LogP contribution < -0.4 is 0 Å². The van der Waals surface area contributed by atoms with Crippen LogP contribution in [-0.2, 0) is 9.53 Å². The Kier molecular flexibility index (Phi) is 6.02. The van der Waals surface area contributed by atoms with Crippen LogP contribution in [-0.4, -0.2) is 18.0 Å². The lowest BCUT2D eigenvalue weighted by molar-refractivity contribution is -0.424. The van der Waals surface area contributed by atoms with Crippen molar-refractivity contribution >= 4 is 5.97 Å². The summed E-state index contributed by atoms with van der Waals surface area (Å²) in [5.41, 5.74) is 0.122. The van der Waals surface area contributed by atoms with Gasteiger partial charge in [-0.15, -0.1) is 0 Å². The molecule has 0 unspecified atom stereocenters. The Morgan fingerprint density at radius 3 is 2.64 bits per heavy atom. The minimum atomic E-state index is -0.440. The summed E-state index contributed by atoms with van der Waals surface area (Å²) in [6.45, 7) is 1.43. The fourth-order valence-electron chi connectivity index (χ4n) is 0.711. The number of ether oxygens (including phenoxy) is 1. The van der Waals surface area contributed by atoms with Crippen LogP contribution >= 0.6 is 0 Å². The van der Waals surface area contributed by atoms with Gasteiger partial charge in [0.05, 0.1) is 12.0 Å². The van der Waals surface area contributed by atoms with E-state index in [2.05, 4.69) is 4.74 Å². The molecule has 0 saturated heterocycles. The first-order chi connectivity index (χ1) is 6.57. The molecule has 0 heterocycles. The summed E-state index contributed by atoms with van der Waals surface area (Å²) in [6.07, 6.45) is 5.56. The molecule has 0 fully saturated rings. The Balaban J connectivity index is 3.76. The maximum Gasteiger partial charge on any atom is 0.330 e. The monoisotopic (exact) mass is 199 g/mol. The zero-order valence-electron chi connectivity index (χ0n) is 8.23. The molecule has 0 bridgehead atoms. The van der Waals surface area contributed by atoms with Crippen LogP contribution in [0.15, 0.2) is 23.9 Å². The van der Waals surface area contributed by atoms with Crippen molar-refractivity contribution in [2.75, 3.05) is 7.11 Å². The van der Waals surface area contributed by atoms with E-state index in [0.717, 1.165) is 0 Å². The lowest BCUT2D eigenvalue weighted by Crippen LogP contribution is -1.94. The fourth-order valence-corrected chi connectivity index (χ4v) is 0.711. The molecule has 0 spiro atoms. The molecule has 5 nitrogen and oxygen atoms in total. The summed E-state index contributed by atoms with van der Waals surface area (Å²) in [5, 5.41) is 10.2. The number of carbonyl (C=O) groups excluding carboxylic acids is 1. The quantitative estimate of drug-likeness (QED) is 0.222. The summed E-state index contributed by atoms with van der Waals surface area (Å²) >= 11 is 0. The van der Waals surface area contributed by atoms with Gasteiger partial charge in [-0.1, -0.05) is 6.08 Å². The first-order valence-corrected chi connectivity index (χ1v) is 4.13. The number of carbonyl (C=O) groups is 1. The molecular weight excluding hydrogens is 186 g/mol. The van der Waals surface area contributed by atoms with Gasteiger partial charge in [0.25, 0.3) is 0 Å². The van der Waals surface area contributed by atoms with E-state index < -0.39 is 10.9 Å². The SMILES string of the molecule is COC(=O)/C=C/CC/C=C(\C)[N+](=O)[O-]. The molecular formula is C9H13NO4. The molecule has 0 radical (unpaired) electrons. The van der Waals surface area contributed by atoms with E-state index in [1.54, 1.807) is 6.08 Å². The normalized spacial score (nSPS) is 11.7. The minimum Gasteiger partial charge on any atom is -0.466 e. The Hall–Kier alpha value is -1.65. The van der Waals surface area contributed by atoms with Gasteiger partial charge >= 0.3 is 5.97 Å². The maximum absolute atomic E-state index is 10.6. The molecule has 14 heavy (non-hydrogen) atoms. The van der Waals surface area contributed by atoms with Crippen molar-refractivity contribution in [3.05, 3.63) is 34.0 Å². The van der Waals surface area contributed by atoms with Gasteiger partial charge in [0.1, 0.15) is 0 Å². The summed E-state index contributed by atoms with van der Waals surface area (Å²) in [4.78, 5) is 20.3. The van der Waals surface area contributed by atoms with Gasteiger partial charge < -0.3 is 4.74 Å². The fraction of sp³-hybridized carbons (Fsp3) is 0.444. The Labute approximate surface area is 82.2 Å². The lowest BCUT2D eigenvalue weighted by atomic mass is 10.2. The molecule has 0 atom stereocenters. The smallest absolute Gasteiger partial charge is 0.330 e. The Morgan fingerprint density at radius 1 is 1.50 bits per heavy atom. The molecule has 5 heteroatoms. The van der Waals surface area contributed by atoms with Gasteiger partial charge in [-0.05, 0) is 18.9 Å². The molecule has 0 aromatic rings. The summed E-state index contributed by atoms with van der Waals surface area (Å²) < 4.78 is 4.37. The molecule has 0 amide bonds. The van der Waals surface area contributed by atoms with E-state index in [1.807, 2.05) is 0 Å². The number of esters is 1. The van der Waals surface area contributed by atoms with Crippen LogP contribution in [0.5, 0.6) is 0 Å². The van der Waals surface area contributed by atoms with Crippen LogP contribution in [0.4, 0.5) is 0 Å². The molecule has 0 aliphatic rings. The van der Waals surface area contributed by atoms with E-state index >= 15 is 0 Å². The van der Waals surface area contributed by atoms with E-state index in [-0.39, 0.29) is 5.70 Å². The Bertz CT molecular complexity index is 268. The number of methoxy groups -OCH3 is 1. The van der Waals surface area contributed by atoms with Crippen LogP contribution in [0.25, 0.3) is 0 Å². The summed E-state index contributed by atoms with van der Waals surface area (Å²) in [6, 6.07) is 0. The van der Waals surface area contributed by atoms with Crippen molar-refractivity contribution in [1.29, 1.82) is 0 Å². The van der Waals surface area contributed by atoms with Crippen LogP contribution in [0.3, 0.4) is 0 Å². The Morgan fingerprint density at radius 2 is 2.14 bits per heavy atom. The van der Waals surface area contributed by atoms with Crippen molar-refractivity contribution in [2.45, 2.75) is 19.8 Å². The number of nitro groups is 1. The predicted molar refractivity (Wildman–Crippen MR) is 51.1 cm³/mol. The maximum atomic E-state index is 10.6. The first-order valence-electron chi connectivity index (χ1n) is 4.13. The first kappa shape index (κ1) is 12.3. The molecule has 0 N–H and O–H groups in total. The third-order valence-corrected chi connectivity index (χ3v) is 1.52. The zero-order valence-corrected chi connectivity index (χ0v) is 8.23. The molecule has 0 aliphatic carbocycles. The second-order valence-electron chi connectivity index (χ2n) is 2.61. The lowest BCUT2D eigenvalue weighted by Gasteiger charge is -1.90. The number of hydrogen-bond donors (Lipinski definition) is 0. The van der Waals surface area contributed by atoms with Crippen LogP contribution in [0.2, 0.25) is 0 Å². The number of unbranched alkanes of at least 4 members (excludes halogenated alkanes) is 1. The summed E-state index contributed by atoms with van der Waals surface area (Å²) in [5.74, 6) is -0.417. The van der Waals surface area contributed by atoms with Gasteiger partial charge in [-0.25, -0.2) is 4.79 Å². The van der Waals surface area contributed by atoms with Gasteiger partial charge in [0.2, 0.25) is 5.70 Å². The topological polar surface area (TPSA) is 69.4 Å². The zero-order chi connectivity index (χ0) is 11.0. The third-order valence-electron chi connectivity index (χ3n) is 1.52. The summed E-state index contributed by atoms with van der Waals surface area (Å²) in [7, 11) is 1.30.